The summed E-state index contributed by atoms with van der Waals surface area (Å²) in [6, 6.07) is 31.4. The van der Waals surface area contributed by atoms with E-state index in [0.29, 0.717) is 0 Å². The molecule has 4 heterocycles. The summed E-state index contributed by atoms with van der Waals surface area (Å²) in [5, 5.41) is 2.76. The molecular weight excluding hydrogens is 536 g/mol. The van der Waals surface area contributed by atoms with Gasteiger partial charge in [-0.25, -0.2) is 4.98 Å². The van der Waals surface area contributed by atoms with Crippen molar-refractivity contribution in [3.05, 3.63) is 131 Å². The van der Waals surface area contributed by atoms with Crippen molar-refractivity contribution in [2.75, 3.05) is 0 Å². The minimum atomic E-state index is -0.139. The van der Waals surface area contributed by atoms with Crippen LogP contribution in [0.4, 0.5) is 0 Å². The average Bonchev–Trinajstić information content (AvgIpc) is 3.76. The number of aryl methyl sites for hydroxylation is 2. The Morgan fingerprint density at radius 2 is 1.27 bits per heavy atom. The predicted molar refractivity (Wildman–Crippen MR) is 182 cm³/mol. The van der Waals surface area contributed by atoms with E-state index in [4.69, 9.17) is 4.98 Å². The lowest BCUT2D eigenvalue weighted by atomic mass is 9.86. The van der Waals surface area contributed by atoms with Gasteiger partial charge in [0.05, 0.1) is 33.2 Å². The highest BCUT2D eigenvalue weighted by molar-refractivity contribution is 6.04. The van der Waals surface area contributed by atoms with E-state index in [9.17, 15) is 0 Å². The molecule has 0 saturated carbocycles. The zero-order chi connectivity index (χ0) is 29.2. The molecule has 0 fully saturated rings. The highest BCUT2D eigenvalue weighted by Gasteiger charge is 2.38. The van der Waals surface area contributed by atoms with Gasteiger partial charge in [0.25, 0.3) is 0 Å². The third kappa shape index (κ3) is 3.05. The van der Waals surface area contributed by atoms with Crippen LogP contribution in [0.1, 0.15) is 60.6 Å². The Hall–Kier alpha value is -5.09. The topological polar surface area (TPSA) is 27.7 Å². The van der Waals surface area contributed by atoms with Crippen molar-refractivity contribution < 1.29 is 0 Å². The summed E-state index contributed by atoms with van der Waals surface area (Å²) in [6.45, 7) is 4.58. The van der Waals surface area contributed by atoms with Crippen molar-refractivity contribution in [3.63, 3.8) is 0 Å². The van der Waals surface area contributed by atoms with Gasteiger partial charge in [-0.3, -0.25) is 4.57 Å². The molecule has 44 heavy (non-hydrogen) atoms. The van der Waals surface area contributed by atoms with Crippen molar-refractivity contribution in [3.8, 4) is 17.1 Å². The molecule has 2 aliphatic carbocycles. The zero-order valence-corrected chi connectivity index (χ0v) is 25.0. The molecule has 0 radical (unpaired) electrons. The lowest BCUT2D eigenvalue weighted by Gasteiger charge is -2.17. The maximum Gasteiger partial charge on any atom is 0.124 e. The molecule has 4 heteroatoms. The van der Waals surface area contributed by atoms with Gasteiger partial charge in [0.15, 0.2) is 0 Å². The Kier molecular flexibility index (Phi) is 4.71. The summed E-state index contributed by atoms with van der Waals surface area (Å²) in [4.78, 5) is 5.29. The Bertz CT molecular complexity index is 2410. The van der Waals surface area contributed by atoms with E-state index < -0.39 is 0 Å². The van der Waals surface area contributed by atoms with Crippen LogP contribution in [0.5, 0.6) is 0 Å². The molecule has 0 spiro atoms. The Balaban J connectivity index is 1.26. The van der Waals surface area contributed by atoms with E-state index in [1.807, 2.05) is 0 Å². The van der Waals surface area contributed by atoms with Crippen LogP contribution in [0.3, 0.4) is 0 Å². The Morgan fingerprint density at radius 3 is 2.00 bits per heavy atom. The summed E-state index contributed by atoms with van der Waals surface area (Å²) in [5.41, 5.74) is 15.1. The van der Waals surface area contributed by atoms with E-state index in [1.54, 1.807) is 0 Å². The smallest absolute Gasteiger partial charge is 0.124 e. The van der Waals surface area contributed by atoms with Crippen molar-refractivity contribution in [1.29, 1.82) is 0 Å². The maximum atomic E-state index is 5.29. The zero-order valence-electron chi connectivity index (χ0n) is 25.0. The van der Waals surface area contributed by atoms with Crippen LogP contribution >= 0.6 is 0 Å². The van der Waals surface area contributed by atoms with E-state index >= 15 is 0 Å². The van der Waals surface area contributed by atoms with Crippen LogP contribution in [0.15, 0.2) is 97.1 Å². The number of nitrogens with zero attached hydrogens (tertiary/aromatic N) is 4. The Labute approximate surface area is 256 Å². The molecule has 4 nitrogen and oxygen atoms in total. The molecule has 0 N–H and O–H groups in total. The number of para-hydroxylation sites is 2. The molecule has 0 amide bonds. The van der Waals surface area contributed by atoms with Gasteiger partial charge < -0.3 is 9.13 Å². The number of imidazole rings is 1. The van der Waals surface area contributed by atoms with Crippen LogP contribution in [0.25, 0.3) is 62.1 Å². The minimum Gasteiger partial charge on any atom is -0.310 e. The number of hydrogen-bond acceptors (Lipinski definition) is 1. The van der Waals surface area contributed by atoms with E-state index in [1.165, 1.54) is 72.5 Å². The fraction of sp³-hybridized carbons (Fsp3) is 0.175. The number of aromatic nitrogens is 4. The van der Waals surface area contributed by atoms with Crippen molar-refractivity contribution in [2.24, 2.45) is 0 Å². The largest absolute Gasteiger partial charge is 0.310 e. The SMILES string of the molecule is CC1(C)c2ccccc2-n2c1nc1cc(-n3c4c(c5cc6c7c(n(-c8ccccc8)c6cc53)C=CCC7)CCC=C4)ccc12. The second kappa shape index (κ2) is 8.51. The van der Waals surface area contributed by atoms with Gasteiger partial charge in [0.2, 0.25) is 0 Å². The highest BCUT2D eigenvalue weighted by atomic mass is 15.1. The number of benzene rings is 4. The van der Waals surface area contributed by atoms with E-state index in [0.717, 1.165) is 37.0 Å². The van der Waals surface area contributed by atoms with Gasteiger partial charge in [-0.05, 0) is 117 Å². The number of rotatable bonds is 2. The molecular formula is C40H32N4. The molecule has 212 valence electrons. The molecule has 1 aliphatic heterocycles. The summed E-state index contributed by atoms with van der Waals surface area (Å²) in [5.74, 6) is 1.12. The standard InChI is InChI=1S/C40H32N4/c1-40(2)31-16-8-11-19-35(31)44-36-21-20-26(22-32(36)41-39(40)44)43-34-18-10-7-15-28(34)30-23-29-27-14-6-9-17-33(27)42(37(29)24-38(30)43)25-12-4-3-5-13-25/h3-5,8-13,16-24H,6-7,14-15H2,1-2H3. The first-order valence-corrected chi connectivity index (χ1v) is 15.9. The normalized spacial score (nSPS) is 16.0. The number of fused-ring (bicyclic) bond motifs is 11. The monoisotopic (exact) mass is 568 g/mol. The Morgan fingerprint density at radius 1 is 0.614 bits per heavy atom. The molecule has 3 aromatic heterocycles. The van der Waals surface area contributed by atoms with Crippen LogP contribution in [-0.4, -0.2) is 18.7 Å². The second-order valence-electron chi connectivity index (χ2n) is 13.1. The van der Waals surface area contributed by atoms with Gasteiger partial charge in [-0.2, -0.15) is 0 Å². The lowest BCUT2D eigenvalue weighted by molar-refractivity contribution is 0.621. The lowest BCUT2D eigenvalue weighted by Crippen LogP contribution is -2.16. The number of allylic oxidation sites excluding steroid dienone is 2. The minimum absolute atomic E-state index is 0.139. The van der Waals surface area contributed by atoms with E-state index in [2.05, 4.69) is 137 Å². The highest BCUT2D eigenvalue weighted by Crippen LogP contribution is 2.45. The van der Waals surface area contributed by atoms with Crippen molar-refractivity contribution in [2.45, 2.75) is 44.9 Å². The molecule has 3 aliphatic rings. The first kappa shape index (κ1) is 24.4. The average molecular weight is 569 g/mol. The van der Waals surface area contributed by atoms with Gasteiger partial charge in [-0.15, -0.1) is 0 Å². The van der Waals surface area contributed by atoms with Crippen LogP contribution in [-0.2, 0) is 18.3 Å². The summed E-state index contributed by atoms with van der Waals surface area (Å²) in [6.07, 6.45) is 13.6. The molecule has 0 unspecified atom stereocenters. The summed E-state index contributed by atoms with van der Waals surface area (Å²) < 4.78 is 7.32. The van der Waals surface area contributed by atoms with Crippen LogP contribution in [0, 0.1) is 0 Å². The van der Waals surface area contributed by atoms with Gasteiger partial charge in [0, 0.05) is 33.5 Å². The predicted octanol–water partition coefficient (Wildman–Crippen LogP) is 9.47. The first-order chi connectivity index (χ1) is 21.6. The third-order valence-electron chi connectivity index (χ3n) is 10.3. The first-order valence-electron chi connectivity index (χ1n) is 15.9. The van der Waals surface area contributed by atoms with Gasteiger partial charge in [0.1, 0.15) is 5.82 Å². The second-order valence-corrected chi connectivity index (χ2v) is 13.1. The molecule has 7 aromatic rings. The van der Waals surface area contributed by atoms with Gasteiger partial charge >= 0.3 is 0 Å². The van der Waals surface area contributed by atoms with Gasteiger partial charge in [-0.1, -0.05) is 48.6 Å². The third-order valence-corrected chi connectivity index (χ3v) is 10.3. The van der Waals surface area contributed by atoms with Crippen molar-refractivity contribution >= 4 is 45.0 Å². The summed E-state index contributed by atoms with van der Waals surface area (Å²) in [7, 11) is 0. The molecule has 0 atom stereocenters. The molecule has 0 bridgehead atoms. The fourth-order valence-corrected chi connectivity index (χ4v) is 8.28. The van der Waals surface area contributed by atoms with Crippen LogP contribution in [0.2, 0.25) is 0 Å². The van der Waals surface area contributed by atoms with E-state index in [-0.39, 0.29) is 5.41 Å². The van der Waals surface area contributed by atoms with Crippen molar-refractivity contribution in [1.82, 2.24) is 18.7 Å². The molecule has 10 rings (SSSR count). The molecule has 4 aromatic carbocycles. The quantitative estimate of drug-likeness (QED) is 0.204. The fourth-order valence-electron chi connectivity index (χ4n) is 8.28. The maximum absolute atomic E-state index is 5.29. The number of hydrogen-bond donors (Lipinski definition) is 0. The molecule has 0 saturated heterocycles. The van der Waals surface area contributed by atoms with Crippen LogP contribution < -0.4 is 0 Å². The summed E-state index contributed by atoms with van der Waals surface area (Å²) >= 11 is 0.